The van der Waals surface area contributed by atoms with E-state index in [9.17, 15) is 4.79 Å². The predicted molar refractivity (Wildman–Crippen MR) is 84.8 cm³/mol. The zero-order valence-corrected chi connectivity index (χ0v) is 12.8. The number of nitrogens with zero attached hydrogens (tertiary/aromatic N) is 2. The molecule has 0 aliphatic carbocycles. The Morgan fingerprint density at radius 1 is 1.36 bits per heavy atom. The van der Waals surface area contributed by atoms with E-state index in [-0.39, 0.29) is 5.97 Å². The molecular weight excluding hydrogens is 278 g/mol. The Balaban J connectivity index is 2.24. The highest BCUT2D eigenvalue weighted by atomic mass is 16.5. The number of aryl methyl sites for hydroxylation is 1. The SMILES string of the molecule is CCOC(=O)C=CC[n+]1nc(-c2ccccc2)cc(C)c1N. The molecule has 2 aromatic rings. The quantitative estimate of drug-likeness (QED) is 0.521. The number of nitrogens with two attached hydrogens (primary N) is 1. The molecule has 0 bridgehead atoms. The average Bonchev–Trinajstić information content (AvgIpc) is 2.52. The van der Waals surface area contributed by atoms with Gasteiger partial charge < -0.3 is 4.74 Å². The molecule has 2 N–H and O–H groups in total. The van der Waals surface area contributed by atoms with Gasteiger partial charge in [0, 0.05) is 17.2 Å². The fraction of sp³-hybridized carbons (Fsp3) is 0.235. The summed E-state index contributed by atoms with van der Waals surface area (Å²) in [5.41, 5.74) is 8.86. The van der Waals surface area contributed by atoms with Gasteiger partial charge in [0.2, 0.25) is 0 Å². The van der Waals surface area contributed by atoms with Crippen LogP contribution in [0.1, 0.15) is 12.5 Å². The van der Waals surface area contributed by atoms with Gasteiger partial charge in [-0.25, -0.2) is 4.79 Å². The molecule has 0 aliphatic heterocycles. The van der Waals surface area contributed by atoms with E-state index in [1.54, 1.807) is 17.7 Å². The highest BCUT2D eigenvalue weighted by molar-refractivity contribution is 5.81. The normalized spacial score (nSPS) is 10.8. The Hall–Kier alpha value is -2.69. The fourth-order valence-electron chi connectivity index (χ4n) is 2.02. The number of aromatic nitrogens is 2. The summed E-state index contributed by atoms with van der Waals surface area (Å²) >= 11 is 0. The summed E-state index contributed by atoms with van der Waals surface area (Å²) in [4.78, 5) is 11.3. The molecule has 5 nitrogen and oxygen atoms in total. The minimum Gasteiger partial charge on any atom is -0.463 e. The van der Waals surface area contributed by atoms with Gasteiger partial charge in [0.05, 0.1) is 6.61 Å². The van der Waals surface area contributed by atoms with Crippen LogP contribution in [0.3, 0.4) is 0 Å². The molecule has 0 radical (unpaired) electrons. The van der Waals surface area contributed by atoms with E-state index < -0.39 is 0 Å². The van der Waals surface area contributed by atoms with Crippen molar-refractivity contribution in [3.05, 3.63) is 54.1 Å². The van der Waals surface area contributed by atoms with E-state index in [0.29, 0.717) is 19.0 Å². The van der Waals surface area contributed by atoms with Crippen molar-refractivity contribution >= 4 is 11.8 Å². The number of ether oxygens (including phenoxy) is 1. The second kappa shape index (κ2) is 7.36. The Morgan fingerprint density at radius 3 is 2.77 bits per heavy atom. The number of benzene rings is 1. The van der Waals surface area contributed by atoms with E-state index in [2.05, 4.69) is 5.10 Å². The summed E-state index contributed by atoms with van der Waals surface area (Å²) in [6.45, 7) is 4.48. The van der Waals surface area contributed by atoms with Gasteiger partial charge in [0.25, 0.3) is 5.82 Å². The number of allylic oxidation sites excluding steroid dienone is 1. The maximum Gasteiger partial charge on any atom is 0.330 e. The van der Waals surface area contributed by atoms with Crippen LogP contribution in [-0.2, 0) is 16.1 Å². The van der Waals surface area contributed by atoms with Crippen molar-refractivity contribution in [2.24, 2.45) is 0 Å². The number of hydrogen-bond acceptors (Lipinski definition) is 4. The molecule has 5 heteroatoms. The van der Waals surface area contributed by atoms with Crippen molar-refractivity contribution in [2.45, 2.75) is 20.4 Å². The number of carbonyl (C=O) groups is 1. The molecule has 1 aromatic carbocycles. The third-order valence-electron chi connectivity index (χ3n) is 3.15. The Kier molecular flexibility index (Phi) is 5.25. The van der Waals surface area contributed by atoms with Crippen molar-refractivity contribution in [2.75, 3.05) is 12.3 Å². The lowest BCUT2D eigenvalue weighted by Gasteiger charge is -2.05. The lowest BCUT2D eigenvalue weighted by atomic mass is 10.1. The first-order valence-electron chi connectivity index (χ1n) is 7.17. The fourth-order valence-corrected chi connectivity index (χ4v) is 2.02. The Morgan fingerprint density at radius 2 is 2.09 bits per heavy atom. The molecular formula is C17H20N3O2+. The van der Waals surface area contributed by atoms with Crippen molar-refractivity contribution in [1.82, 2.24) is 5.10 Å². The summed E-state index contributed by atoms with van der Waals surface area (Å²) in [5.74, 6) is 0.214. The molecule has 0 spiro atoms. The van der Waals surface area contributed by atoms with Crippen molar-refractivity contribution < 1.29 is 14.2 Å². The highest BCUT2D eigenvalue weighted by Gasteiger charge is 2.12. The Bertz CT molecular complexity index is 682. The molecule has 0 atom stereocenters. The van der Waals surface area contributed by atoms with E-state index in [1.165, 1.54) is 6.08 Å². The number of nitrogen functional groups attached to an aromatic ring is 1. The van der Waals surface area contributed by atoms with E-state index in [1.807, 2.05) is 43.3 Å². The Labute approximate surface area is 130 Å². The van der Waals surface area contributed by atoms with Crippen LogP contribution in [0.25, 0.3) is 11.3 Å². The molecule has 1 heterocycles. The minimum atomic E-state index is -0.363. The van der Waals surface area contributed by atoms with E-state index in [0.717, 1.165) is 16.8 Å². The highest BCUT2D eigenvalue weighted by Crippen LogP contribution is 2.17. The van der Waals surface area contributed by atoms with Gasteiger partial charge in [0.1, 0.15) is 12.2 Å². The van der Waals surface area contributed by atoms with Crippen LogP contribution in [0.15, 0.2) is 48.6 Å². The number of esters is 1. The zero-order chi connectivity index (χ0) is 15.9. The predicted octanol–water partition coefficient (Wildman–Crippen LogP) is 2.05. The lowest BCUT2D eigenvalue weighted by molar-refractivity contribution is -0.730. The van der Waals surface area contributed by atoms with Crippen LogP contribution in [0.2, 0.25) is 0 Å². The smallest absolute Gasteiger partial charge is 0.330 e. The number of hydrogen-bond donors (Lipinski definition) is 1. The summed E-state index contributed by atoms with van der Waals surface area (Å²) in [6.07, 6.45) is 3.08. The summed E-state index contributed by atoms with van der Waals surface area (Å²) in [6, 6.07) is 11.8. The van der Waals surface area contributed by atoms with Crippen LogP contribution in [-0.4, -0.2) is 17.7 Å². The summed E-state index contributed by atoms with van der Waals surface area (Å²) < 4.78 is 6.51. The van der Waals surface area contributed by atoms with Crippen LogP contribution >= 0.6 is 0 Å². The first kappa shape index (κ1) is 15.7. The lowest BCUT2D eigenvalue weighted by Crippen LogP contribution is -2.41. The van der Waals surface area contributed by atoms with Crippen LogP contribution in [0, 0.1) is 6.92 Å². The molecule has 0 unspecified atom stereocenters. The molecule has 2 rings (SSSR count). The van der Waals surface area contributed by atoms with Gasteiger partial charge in [-0.15, -0.1) is 4.68 Å². The molecule has 0 fully saturated rings. The topological polar surface area (TPSA) is 69.1 Å². The largest absolute Gasteiger partial charge is 0.463 e. The maximum absolute atomic E-state index is 11.3. The minimum absolute atomic E-state index is 0.360. The average molecular weight is 298 g/mol. The number of carbonyl (C=O) groups excluding carboxylic acids is 1. The van der Waals surface area contributed by atoms with Crippen LogP contribution in [0.4, 0.5) is 5.82 Å². The molecule has 0 saturated carbocycles. The number of anilines is 1. The number of rotatable bonds is 5. The third-order valence-corrected chi connectivity index (χ3v) is 3.15. The van der Waals surface area contributed by atoms with Gasteiger partial charge in [0.15, 0.2) is 0 Å². The van der Waals surface area contributed by atoms with Crippen molar-refractivity contribution in [3.63, 3.8) is 0 Å². The first-order valence-corrected chi connectivity index (χ1v) is 7.17. The molecule has 114 valence electrons. The van der Waals surface area contributed by atoms with Crippen molar-refractivity contribution in [3.8, 4) is 11.3 Å². The van der Waals surface area contributed by atoms with E-state index >= 15 is 0 Å². The monoisotopic (exact) mass is 298 g/mol. The summed E-state index contributed by atoms with van der Waals surface area (Å²) in [7, 11) is 0. The standard InChI is InChI=1S/C17H19N3O2/c1-3-22-16(21)10-7-11-20-17(18)13(2)12-15(19-20)14-8-5-4-6-9-14/h4-10,12,18H,3,11H2,1-2H3/p+1. The second-order valence-electron chi connectivity index (χ2n) is 4.80. The van der Waals surface area contributed by atoms with Crippen LogP contribution < -0.4 is 10.4 Å². The third kappa shape index (κ3) is 3.91. The van der Waals surface area contributed by atoms with Gasteiger partial charge in [-0.3, -0.25) is 5.73 Å². The van der Waals surface area contributed by atoms with Gasteiger partial charge in [-0.2, -0.15) is 0 Å². The maximum atomic E-state index is 11.3. The molecule has 0 aliphatic rings. The molecule has 0 amide bonds. The first-order chi connectivity index (χ1) is 10.6. The summed E-state index contributed by atoms with van der Waals surface area (Å²) in [5, 5.41) is 4.53. The van der Waals surface area contributed by atoms with Crippen molar-refractivity contribution in [1.29, 1.82) is 0 Å². The van der Waals surface area contributed by atoms with Crippen LogP contribution in [0.5, 0.6) is 0 Å². The van der Waals surface area contributed by atoms with Gasteiger partial charge >= 0.3 is 5.97 Å². The van der Waals surface area contributed by atoms with Gasteiger partial charge in [-0.1, -0.05) is 35.4 Å². The van der Waals surface area contributed by atoms with Gasteiger partial charge in [-0.05, 0) is 26.0 Å². The second-order valence-corrected chi connectivity index (χ2v) is 4.80. The molecule has 1 aromatic heterocycles. The molecule has 22 heavy (non-hydrogen) atoms. The zero-order valence-electron chi connectivity index (χ0n) is 12.8. The molecule has 0 saturated heterocycles. The van der Waals surface area contributed by atoms with E-state index in [4.69, 9.17) is 10.5 Å².